The summed E-state index contributed by atoms with van der Waals surface area (Å²) in [6.07, 6.45) is 5.68. The molecule has 2 aliphatic heterocycles. The Morgan fingerprint density at radius 2 is 1.90 bits per heavy atom. The molecule has 2 amide bonds. The Kier molecular flexibility index (Phi) is 7.79. The lowest BCUT2D eigenvalue weighted by atomic mass is 9.92. The molecule has 1 fully saturated rings. The van der Waals surface area contributed by atoms with Crippen LogP contribution >= 0.6 is 35.7 Å². The number of hydrogen-bond donors (Lipinski definition) is 0. The van der Waals surface area contributed by atoms with E-state index in [1.54, 1.807) is 17.2 Å². The molecule has 1 saturated heterocycles. The molecule has 2 heterocycles. The zero-order valence-electron chi connectivity index (χ0n) is 17.2. The Balaban J connectivity index is 2.01. The van der Waals surface area contributed by atoms with Gasteiger partial charge in [-0.1, -0.05) is 60.4 Å². The number of esters is 1. The van der Waals surface area contributed by atoms with Crippen LogP contribution in [0.1, 0.15) is 11.6 Å². The molecule has 7 nitrogen and oxygen atoms in total. The standard InChI is InChI=1S/C21H22N2O5S3/c1-27-19(25)17(30-3)14-9-10-22(20(26)28-2)11-15(14)18(24)23-16(12-31-21(23)29)13-7-5-4-6-8-13/h4-11,14,16-17H,12H2,1-3H3/t14-,16-,17?/m1/s1. The van der Waals surface area contributed by atoms with E-state index in [4.69, 9.17) is 21.7 Å². The topological polar surface area (TPSA) is 76.1 Å². The second-order valence-corrected chi connectivity index (χ2v) is 9.32. The normalized spacial score (nSPS) is 21.5. The first-order chi connectivity index (χ1) is 14.9. The summed E-state index contributed by atoms with van der Waals surface area (Å²) in [6, 6.07) is 9.40. The van der Waals surface area contributed by atoms with E-state index < -0.39 is 23.2 Å². The lowest BCUT2D eigenvalue weighted by molar-refractivity contribution is -0.140. The molecule has 0 aliphatic carbocycles. The maximum absolute atomic E-state index is 13.8. The monoisotopic (exact) mass is 478 g/mol. The third-order valence-electron chi connectivity index (χ3n) is 5.01. The number of thiocarbonyl (C=S) groups is 1. The largest absolute Gasteiger partial charge is 0.468 e. The van der Waals surface area contributed by atoms with Crippen LogP contribution in [0.15, 0.2) is 54.4 Å². The Labute approximate surface area is 194 Å². The molecule has 10 heteroatoms. The first kappa shape index (κ1) is 23.4. The fraction of sp³-hybridized carbons (Fsp3) is 0.333. The molecule has 164 valence electrons. The van der Waals surface area contributed by atoms with Crippen molar-refractivity contribution in [1.82, 2.24) is 9.80 Å². The molecular formula is C21H22N2O5S3. The predicted octanol–water partition coefficient (Wildman–Crippen LogP) is 3.59. The fourth-order valence-electron chi connectivity index (χ4n) is 3.46. The number of carbonyl (C=O) groups is 3. The zero-order chi connectivity index (χ0) is 22.5. The Morgan fingerprint density at radius 3 is 2.52 bits per heavy atom. The van der Waals surface area contributed by atoms with Gasteiger partial charge in [-0.15, -0.1) is 11.8 Å². The van der Waals surface area contributed by atoms with Gasteiger partial charge in [0.1, 0.15) is 9.57 Å². The summed E-state index contributed by atoms with van der Waals surface area (Å²) in [5.41, 5.74) is 1.23. The number of amides is 2. The van der Waals surface area contributed by atoms with E-state index in [2.05, 4.69) is 0 Å². The average Bonchev–Trinajstić information content (AvgIpc) is 3.20. The minimum atomic E-state index is -0.657. The quantitative estimate of drug-likeness (QED) is 0.470. The molecule has 1 aromatic carbocycles. The number of ether oxygens (including phenoxy) is 2. The second kappa shape index (κ2) is 10.3. The SMILES string of the molecule is COC(=O)C(SC)[C@@H]1C=CN(C(=O)OC)C=C1C(=O)N1C(=S)SC[C@@H]1c1ccccc1. The van der Waals surface area contributed by atoms with Crippen LogP contribution in [0, 0.1) is 5.92 Å². The summed E-state index contributed by atoms with van der Waals surface area (Å²) < 4.78 is 10.2. The van der Waals surface area contributed by atoms with Gasteiger partial charge in [-0.3, -0.25) is 19.4 Å². The first-order valence-corrected chi connectivity index (χ1v) is 12.0. The van der Waals surface area contributed by atoms with E-state index in [-0.39, 0.29) is 17.5 Å². The lowest BCUT2D eigenvalue weighted by Gasteiger charge is -2.32. The molecule has 0 saturated carbocycles. The zero-order valence-corrected chi connectivity index (χ0v) is 19.7. The van der Waals surface area contributed by atoms with Crippen LogP contribution in [0.2, 0.25) is 0 Å². The van der Waals surface area contributed by atoms with Crippen LogP contribution in [0.25, 0.3) is 0 Å². The molecule has 3 rings (SSSR count). The predicted molar refractivity (Wildman–Crippen MR) is 125 cm³/mol. The van der Waals surface area contributed by atoms with Gasteiger partial charge in [-0.2, -0.15) is 0 Å². The minimum absolute atomic E-state index is 0.240. The first-order valence-electron chi connectivity index (χ1n) is 9.35. The number of hydrogen-bond acceptors (Lipinski definition) is 8. The van der Waals surface area contributed by atoms with Crippen molar-refractivity contribution in [2.75, 3.05) is 26.2 Å². The summed E-state index contributed by atoms with van der Waals surface area (Å²) in [6.45, 7) is 0. The van der Waals surface area contributed by atoms with Crippen molar-refractivity contribution in [1.29, 1.82) is 0 Å². The van der Waals surface area contributed by atoms with Crippen LogP contribution in [0.5, 0.6) is 0 Å². The molecule has 1 aromatic rings. The number of nitrogens with zero attached hydrogens (tertiary/aromatic N) is 2. The molecular weight excluding hydrogens is 456 g/mol. The second-order valence-electron chi connectivity index (χ2n) is 6.69. The van der Waals surface area contributed by atoms with Crippen molar-refractivity contribution in [3.8, 4) is 0 Å². The van der Waals surface area contributed by atoms with Crippen LogP contribution in [0.4, 0.5) is 4.79 Å². The smallest absolute Gasteiger partial charge is 0.417 e. The highest BCUT2D eigenvalue weighted by Gasteiger charge is 2.42. The van der Waals surface area contributed by atoms with Crippen molar-refractivity contribution < 1.29 is 23.9 Å². The number of rotatable bonds is 5. The van der Waals surface area contributed by atoms with Crippen LogP contribution < -0.4 is 0 Å². The molecule has 3 atom stereocenters. The highest BCUT2D eigenvalue weighted by Crippen LogP contribution is 2.39. The van der Waals surface area contributed by atoms with Gasteiger partial charge in [0.15, 0.2) is 0 Å². The maximum Gasteiger partial charge on any atom is 0.417 e. The molecule has 0 radical (unpaired) electrons. The van der Waals surface area contributed by atoms with E-state index in [1.165, 1.54) is 55.0 Å². The molecule has 2 aliphatic rings. The van der Waals surface area contributed by atoms with Gasteiger partial charge in [-0.25, -0.2) is 4.79 Å². The van der Waals surface area contributed by atoms with Crippen molar-refractivity contribution in [3.63, 3.8) is 0 Å². The van der Waals surface area contributed by atoms with Crippen molar-refractivity contribution in [2.24, 2.45) is 5.92 Å². The van der Waals surface area contributed by atoms with Gasteiger partial charge < -0.3 is 9.47 Å². The van der Waals surface area contributed by atoms with Crippen molar-refractivity contribution in [3.05, 3.63) is 59.9 Å². The third-order valence-corrected chi connectivity index (χ3v) is 7.48. The molecule has 0 spiro atoms. The van der Waals surface area contributed by atoms with Gasteiger partial charge >= 0.3 is 12.1 Å². The fourth-order valence-corrected chi connectivity index (χ4v) is 5.68. The van der Waals surface area contributed by atoms with Gasteiger partial charge in [-0.05, 0) is 11.8 Å². The molecule has 31 heavy (non-hydrogen) atoms. The van der Waals surface area contributed by atoms with E-state index in [0.29, 0.717) is 10.1 Å². The third kappa shape index (κ3) is 4.81. The summed E-state index contributed by atoms with van der Waals surface area (Å²) in [5.74, 6) is -0.771. The van der Waals surface area contributed by atoms with Crippen LogP contribution in [-0.2, 0) is 19.1 Å². The number of benzene rings is 1. The van der Waals surface area contributed by atoms with Gasteiger partial charge in [0.05, 0.1) is 20.3 Å². The Morgan fingerprint density at radius 1 is 1.19 bits per heavy atom. The molecule has 1 unspecified atom stereocenters. The van der Waals surface area contributed by atoms with E-state index in [0.717, 1.165) is 5.56 Å². The van der Waals surface area contributed by atoms with Gasteiger partial charge in [0.2, 0.25) is 0 Å². The number of thioether (sulfide) groups is 2. The van der Waals surface area contributed by atoms with Gasteiger partial charge in [0, 0.05) is 29.6 Å². The van der Waals surface area contributed by atoms with E-state index in [1.807, 2.05) is 30.3 Å². The highest BCUT2D eigenvalue weighted by atomic mass is 32.2. The average molecular weight is 479 g/mol. The number of carbonyl (C=O) groups excluding carboxylic acids is 3. The number of methoxy groups -OCH3 is 2. The molecule has 0 aromatic heterocycles. The van der Waals surface area contributed by atoms with Crippen molar-refractivity contribution >= 4 is 58.0 Å². The Hall–Kier alpha value is -2.30. The molecule has 0 N–H and O–H groups in total. The van der Waals surface area contributed by atoms with Crippen molar-refractivity contribution in [2.45, 2.75) is 11.3 Å². The summed E-state index contributed by atoms with van der Waals surface area (Å²) in [4.78, 5) is 41.0. The summed E-state index contributed by atoms with van der Waals surface area (Å²) in [7, 11) is 2.57. The highest BCUT2D eigenvalue weighted by molar-refractivity contribution is 8.23. The number of allylic oxidation sites excluding steroid dienone is 1. The van der Waals surface area contributed by atoms with Crippen LogP contribution in [0.3, 0.4) is 0 Å². The lowest BCUT2D eigenvalue weighted by Crippen LogP contribution is -2.41. The van der Waals surface area contributed by atoms with Gasteiger partial charge in [0.25, 0.3) is 5.91 Å². The van der Waals surface area contributed by atoms with E-state index >= 15 is 0 Å². The maximum atomic E-state index is 13.8. The minimum Gasteiger partial charge on any atom is -0.468 e. The van der Waals surface area contributed by atoms with E-state index in [9.17, 15) is 14.4 Å². The molecule has 0 bridgehead atoms. The Bertz CT molecular complexity index is 934. The van der Waals surface area contributed by atoms with Crippen LogP contribution in [-0.4, -0.2) is 63.6 Å². The summed E-state index contributed by atoms with van der Waals surface area (Å²) in [5, 5.41) is -0.657. The summed E-state index contributed by atoms with van der Waals surface area (Å²) >= 11 is 8.20.